The van der Waals surface area contributed by atoms with Gasteiger partial charge in [-0.3, -0.25) is 0 Å². The summed E-state index contributed by atoms with van der Waals surface area (Å²) in [6.45, 7) is 0. The Kier molecular flexibility index (Phi) is 18.4. The minimum Gasteiger partial charge on any atom is -0.455 e. The minimum atomic E-state index is -3.17. The zero-order valence-corrected chi connectivity index (χ0v) is 77.5. The van der Waals surface area contributed by atoms with Gasteiger partial charge in [-0.05, 0) is 94.3 Å². The topological polar surface area (TPSA) is 139 Å². The van der Waals surface area contributed by atoms with E-state index in [2.05, 4.69) is 224 Å². The fourth-order valence-corrected chi connectivity index (χ4v) is 29.2. The smallest absolute Gasteiger partial charge is 0.171 e. The van der Waals surface area contributed by atoms with E-state index >= 15 is 4.57 Å². The van der Waals surface area contributed by atoms with Crippen molar-refractivity contribution in [2.24, 2.45) is 0 Å². The molecule has 0 aliphatic carbocycles. The largest absolute Gasteiger partial charge is 0.455 e. The lowest BCUT2D eigenvalue weighted by Gasteiger charge is -2.20. The number of nitrogens with zero attached hydrogens (tertiary/aromatic N) is 3. The minimum absolute atomic E-state index is 0.763. The van der Waals surface area contributed by atoms with Crippen LogP contribution in [0.25, 0.3) is 249 Å². The Morgan fingerprint density at radius 3 is 0.957 bits per heavy atom. The molecule has 10 aromatic heterocycles. The van der Waals surface area contributed by atoms with Gasteiger partial charge in [0, 0.05) is 144 Å². The summed E-state index contributed by atoms with van der Waals surface area (Å²) >= 11 is 3.53. The number of pyridine rings is 3. The summed E-state index contributed by atoms with van der Waals surface area (Å²) in [5.74, 6) is 0. The summed E-state index contributed by atoms with van der Waals surface area (Å²) in [5.41, 5.74) is 18.7. The third-order valence-corrected chi connectivity index (χ3v) is 36.3. The molecule has 0 unspecified atom stereocenters. The fourth-order valence-electron chi connectivity index (χ4n) is 21.5. The van der Waals surface area contributed by atoms with Crippen LogP contribution in [0.2, 0.25) is 0 Å². The van der Waals surface area contributed by atoms with Crippen molar-refractivity contribution in [3.8, 4) is 44.9 Å². The second-order valence-corrected chi connectivity index (χ2v) is 43.0. The molecule has 652 valence electrons. The zero-order chi connectivity index (χ0) is 91.7. The lowest BCUT2D eigenvalue weighted by Crippen LogP contribution is -2.25. The Bertz CT molecular complexity index is 10300. The van der Waals surface area contributed by atoms with Gasteiger partial charge >= 0.3 is 0 Å². The van der Waals surface area contributed by atoms with E-state index in [4.69, 9.17) is 37.0 Å². The van der Waals surface area contributed by atoms with Gasteiger partial charge in [-0.1, -0.05) is 370 Å². The molecule has 0 radical (unpaired) electrons. The zero-order valence-electron chi connectivity index (χ0n) is 74.1. The summed E-state index contributed by atoms with van der Waals surface area (Å²) in [5, 5.41) is 27.5. The molecule has 0 saturated heterocycles. The molecule has 0 atom stereocenters. The molecule has 0 aliphatic rings. The highest BCUT2D eigenvalue weighted by Crippen LogP contribution is 2.54. The number of hydrogen-bond acceptors (Lipinski definition) is 12. The van der Waals surface area contributed by atoms with Crippen molar-refractivity contribution in [3.05, 3.63) is 443 Å². The summed E-state index contributed by atoms with van der Waals surface area (Å²) in [4.78, 5) is 16.5. The normalized spacial score (nSPS) is 12.2. The van der Waals surface area contributed by atoms with Crippen LogP contribution in [-0.4, -0.2) is 15.0 Å². The summed E-state index contributed by atoms with van der Waals surface area (Å²) < 4.78 is 68.2. The van der Waals surface area contributed by atoms with E-state index in [0.717, 1.165) is 250 Å². The van der Waals surface area contributed by atoms with Gasteiger partial charge in [0.1, 0.15) is 55.8 Å². The molecule has 139 heavy (non-hydrogen) atoms. The molecular weight excluding hydrogens is 1780 g/mol. The molecule has 0 saturated carbocycles. The molecule has 0 bridgehead atoms. The van der Waals surface area contributed by atoms with E-state index < -0.39 is 14.3 Å². The highest BCUT2D eigenvalue weighted by molar-refractivity contribution is 7.85. The van der Waals surface area contributed by atoms with Gasteiger partial charge in [0.05, 0.1) is 53.7 Å². The molecule has 14 heteroatoms. The Morgan fingerprint density at radius 2 is 0.496 bits per heavy atom. The van der Waals surface area contributed by atoms with Crippen molar-refractivity contribution in [3.63, 3.8) is 0 Å². The van der Waals surface area contributed by atoms with Gasteiger partial charge in [-0.25, -0.2) is 15.0 Å². The van der Waals surface area contributed by atoms with Crippen LogP contribution >= 0.6 is 37.0 Å². The summed E-state index contributed by atoms with van der Waals surface area (Å²) in [6.07, 6.45) is 0. The van der Waals surface area contributed by atoms with Crippen molar-refractivity contribution < 1.29 is 31.2 Å². The Morgan fingerprint density at radius 1 is 0.194 bits per heavy atom. The first-order valence-electron chi connectivity index (χ1n) is 46.4. The predicted molar refractivity (Wildman–Crippen MR) is 583 cm³/mol. The predicted octanol–water partition coefficient (Wildman–Crippen LogP) is 33.2. The molecule has 0 N–H and O–H groups in total. The SMILES string of the molecule is O=P(c1ccccc1)(c1ccccc1)c1ccc(-c2nc3c(ccc4c5ccccc5sc43)c3oc4ccccc4c23)cc1.O=P(c1ccccc1)(c1ccccc1)c1cccc(-c2nc3c(ccc4c5ccccc5sc43)c3oc4ccccc4c23)c1.c1ccc2c(c1)oc1c(-c3c4ccccc4c(-c4nc5c(ccc6c7ccccc7oc65)c5oc6ccccc6c45)c4ccccc34)cccc12. The summed E-state index contributed by atoms with van der Waals surface area (Å²) in [6, 6.07) is 150. The van der Waals surface area contributed by atoms with E-state index in [-0.39, 0.29) is 0 Å². The van der Waals surface area contributed by atoms with Gasteiger partial charge in [0.2, 0.25) is 0 Å². The number of hydrogen-bond donors (Lipinski definition) is 0. The molecule has 20 aromatic carbocycles. The van der Waals surface area contributed by atoms with Crippen LogP contribution in [0.3, 0.4) is 0 Å². The lowest BCUT2D eigenvalue weighted by molar-refractivity contribution is 0.591. The van der Waals surface area contributed by atoms with E-state index in [1.807, 2.05) is 218 Å². The number of benzene rings is 20. The highest BCUT2D eigenvalue weighted by Gasteiger charge is 2.35. The second kappa shape index (κ2) is 31.8. The standard InChI is InChI=1S/C47H25NO3.2C39H24NO2PS/c1-3-16-30-28(14-1)40(35-20-11-19-32-26-12-5-8-21-37(26)49-45(32)35)29-15-2-4-17-31(29)41(30)44-42-34-18-7-10-23-39(34)50-46(42)36-25-24-33-27-13-6-9-22-38(27)51-47(33)43(36)48-44;41-43(26-13-3-1-4-14-26,27-15-5-2-6-16-27)28-17-11-12-25(24-28)36-35-31-19-7-9-20-33(31)42-38(35)32-23-22-30-29-18-8-10-21-34(29)44-39(30)37(32)40-36;41-43(26-11-3-1-4-12-26,27-13-5-2-6-14-27)28-21-19-25(20-22-28)36-35-31-16-7-9-17-33(31)42-38(35)32-24-23-30-29-15-8-10-18-34(29)44-39(30)37(32)40-36/h1-25H;2*1-24H. The van der Waals surface area contributed by atoms with Gasteiger partial charge in [-0.2, -0.15) is 0 Å². The average Bonchev–Trinajstić information content (AvgIpc) is 1.59. The highest BCUT2D eigenvalue weighted by atomic mass is 32.1. The number of para-hydroxylation sites is 6. The van der Waals surface area contributed by atoms with Crippen LogP contribution in [0.1, 0.15) is 0 Å². The molecule has 0 spiro atoms. The number of rotatable bonds is 10. The first-order chi connectivity index (χ1) is 68.7. The number of thiophene rings is 2. The van der Waals surface area contributed by atoms with Crippen LogP contribution in [0.5, 0.6) is 0 Å². The molecule has 10 nitrogen and oxygen atoms in total. The van der Waals surface area contributed by atoms with E-state index in [9.17, 15) is 4.57 Å². The Balaban J connectivity index is 0.000000103. The van der Waals surface area contributed by atoms with Crippen LogP contribution < -0.4 is 31.8 Å². The third-order valence-electron chi connectivity index (χ3n) is 27.8. The average molecular weight is 1860 g/mol. The van der Waals surface area contributed by atoms with Crippen molar-refractivity contribution in [2.45, 2.75) is 0 Å². The lowest BCUT2D eigenvalue weighted by atomic mass is 9.86. The number of fused-ring (bicyclic) bond motifs is 32. The van der Waals surface area contributed by atoms with Crippen molar-refractivity contribution in [1.82, 2.24) is 15.0 Å². The molecule has 0 aliphatic heterocycles. The van der Waals surface area contributed by atoms with Gasteiger partial charge < -0.3 is 31.2 Å². The molecule has 30 aromatic rings. The van der Waals surface area contributed by atoms with Crippen LogP contribution in [-0.2, 0) is 9.13 Å². The summed E-state index contributed by atoms with van der Waals surface area (Å²) in [7, 11) is -6.26. The molecule has 0 amide bonds. The maximum atomic E-state index is 15.3. The number of furan rings is 5. The van der Waals surface area contributed by atoms with Crippen LogP contribution in [0, 0.1) is 0 Å². The maximum absolute atomic E-state index is 15.3. The van der Waals surface area contributed by atoms with Crippen LogP contribution in [0.15, 0.2) is 465 Å². The van der Waals surface area contributed by atoms with Gasteiger partial charge in [0.25, 0.3) is 0 Å². The molecule has 10 heterocycles. The fraction of sp³-hybridized carbons (Fsp3) is 0. The van der Waals surface area contributed by atoms with E-state index in [1.165, 1.54) is 30.9 Å². The Hall–Kier alpha value is -17.0. The first kappa shape index (κ1) is 80.5. The maximum Gasteiger partial charge on any atom is 0.171 e. The van der Waals surface area contributed by atoms with E-state index in [0.29, 0.717) is 0 Å². The van der Waals surface area contributed by atoms with Crippen molar-refractivity contribution in [2.75, 3.05) is 0 Å². The number of aromatic nitrogens is 3. The molecule has 30 rings (SSSR count). The van der Waals surface area contributed by atoms with Crippen molar-refractivity contribution in [1.29, 1.82) is 0 Å². The first-order valence-corrected chi connectivity index (χ1v) is 51.4. The molecule has 0 fully saturated rings. The molecular formula is C125H73N3O7P2S2. The Labute approximate surface area is 800 Å². The van der Waals surface area contributed by atoms with Gasteiger partial charge in [0.15, 0.2) is 19.9 Å². The third kappa shape index (κ3) is 12.5. The van der Waals surface area contributed by atoms with Crippen LogP contribution in [0.4, 0.5) is 0 Å². The van der Waals surface area contributed by atoms with E-state index in [1.54, 1.807) is 22.7 Å². The quantitative estimate of drug-likeness (QED) is 0.0960. The monoisotopic (exact) mass is 1850 g/mol. The van der Waals surface area contributed by atoms with Crippen molar-refractivity contribution >= 4 is 273 Å². The second-order valence-electron chi connectivity index (χ2n) is 35.4. The van der Waals surface area contributed by atoms with Gasteiger partial charge in [-0.15, -0.1) is 22.7 Å².